The number of hydrogen-bond acceptors (Lipinski definition) is 5. The van der Waals surface area contributed by atoms with Crippen molar-refractivity contribution in [2.24, 2.45) is 11.1 Å². The molecule has 1 amide bonds. The molecule has 0 aliphatic rings. The molecule has 5 nitrogen and oxygen atoms in total. The highest BCUT2D eigenvalue weighted by Gasteiger charge is 2.23. The van der Waals surface area contributed by atoms with Crippen LogP contribution in [0.15, 0.2) is 0 Å². The number of nitrogens with two attached hydrogens (primary N) is 1. The lowest BCUT2D eigenvalue weighted by Crippen LogP contribution is -2.41. The molecule has 0 aliphatic heterocycles. The predicted octanol–water partition coefficient (Wildman–Crippen LogP) is 1.14. The highest BCUT2D eigenvalue weighted by Crippen LogP contribution is 2.15. The first-order valence-corrected chi connectivity index (χ1v) is 6.46. The van der Waals surface area contributed by atoms with E-state index in [1.54, 1.807) is 0 Å². The monoisotopic (exact) mass is 272 g/mol. The van der Waals surface area contributed by atoms with Gasteiger partial charge in [-0.2, -0.15) is 0 Å². The third-order valence-corrected chi connectivity index (χ3v) is 3.77. The Hall–Kier alpha value is -1.08. The third kappa shape index (κ3) is 3.44. The van der Waals surface area contributed by atoms with Gasteiger partial charge in [-0.25, -0.2) is 0 Å². The molecule has 0 spiro atoms. The van der Waals surface area contributed by atoms with Crippen molar-refractivity contribution in [2.75, 3.05) is 6.54 Å². The minimum absolute atomic E-state index is 0.166. The molecule has 94 valence electrons. The Kier molecular flexibility index (Phi) is 4.53. The zero-order valence-corrected chi connectivity index (χ0v) is 11.7. The van der Waals surface area contributed by atoms with E-state index in [0.717, 1.165) is 17.2 Å². The number of amides is 1. The van der Waals surface area contributed by atoms with Crippen molar-refractivity contribution in [3.8, 4) is 0 Å². The van der Waals surface area contributed by atoms with E-state index in [1.807, 2.05) is 20.8 Å². The molecule has 0 unspecified atom stereocenters. The number of nitrogens with one attached hydrogen (secondary N) is 1. The van der Waals surface area contributed by atoms with Crippen molar-refractivity contribution in [2.45, 2.75) is 27.2 Å². The summed E-state index contributed by atoms with van der Waals surface area (Å²) in [6, 6.07) is 0. The van der Waals surface area contributed by atoms with Gasteiger partial charge in [0.2, 0.25) is 0 Å². The number of aromatic nitrogens is 2. The molecular formula is C10H16N4OS2. The minimum atomic E-state index is -0.393. The van der Waals surface area contributed by atoms with Crippen LogP contribution in [0.3, 0.4) is 0 Å². The molecule has 0 aliphatic carbocycles. The molecular weight excluding hydrogens is 256 g/mol. The average molecular weight is 272 g/mol. The molecule has 1 rings (SSSR count). The summed E-state index contributed by atoms with van der Waals surface area (Å²) in [5.74, 6) is -0.166. The van der Waals surface area contributed by atoms with Crippen LogP contribution in [0.25, 0.3) is 0 Å². The molecule has 0 bridgehead atoms. The first kappa shape index (κ1) is 14.0. The summed E-state index contributed by atoms with van der Waals surface area (Å²) in [7, 11) is 0. The Balaban J connectivity index is 2.65. The fraction of sp³-hybridized carbons (Fsp3) is 0.600. The number of carbonyl (C=O) groups is 1. The van der Waals surface area contributed by atoms with Crippen LogP contribution in [-0.2, 0) is 6.42 Å². The summed E-state index contributed by atoms with van der Waals surface area (Å²) >= 11 is 6.04. The van der Waals surface area contributed by atoms with E-state index in [1.165, 1.54) is 0 Å². The fourth-order valence-electron chi connectivity index (χ4n) is 1.08. The number of aryl methyl sites for hydroxylation is 1. The van der Waals surface area contributed by atoms with Crippen molar-refractivity contribution >= 4 is 34.6 Å². The molecule has 0 fully saturated rings. The Bertz CT molecular complexity index is 428. The normalized spacial score (nSPS) is 11.2. The minimum Gasteiger partial charge on any atom is -0.393 e. The summed E-state index contributed by atoms with van der Waals surface area (Å²) in [5, 5.41) is 6.70. The summed E-state index contributed by atoms with van der Waals surface area (Å²) < 4.78 is 3.77. The van der Waals surface area contributed by atoms with Crippen LogP contribution in [0.5, 0.6) is 0 Å². The van der Waals surface area contributed by atoms with Crippen molar-refractivity contribution in [3.63, 3.8) is 0 Å². The molecule has 0 aromatic carbocycles. The highest BCUT2D eigenvalue weighted by molar-refractivity contribution is 7.80. The van der Waals surface area contributed by atoms with Gasteiger partial charge in [-0.05, 0) is 18.0 Å². The van der Waals surface area contributed by atoms with Gasteiger partial charge in [-0.15, -0.1) is 5.10 Å². The number of hydrogen-bond donors (Lipinski definition) is 2. The van der Waals surface area contributed by atoms with E-state index in [0.29, 0.717) is 22.8 Å². The summed E-state index contributed by atoms with van der Waals surface area (Å²) in [6.07, 6.45) is 0.692. The standard InChI is InChI=1S/C10H16N4OS2/c1-4-6-7(17-14-13-6)8(15)12-5-10(2,3)9(11)16/h4-5H2,1-3H3,(H2,11,16)(H,12,15). The molecule has 0 saturated heterocycles. The van der Waals surface area contributed by atoms with Gasteiger partial charge in [-0.1, -0.05) is 37.5 Å². The first-order valence-electron chi connectivity index (χ1n) is 5.27. The van der Waals surface area contributed by atoms with Crippen molar-refractivity contribution < 1.29 is 4.79 Å². The second kappa shape index (κ2) is 5.50. The van der Waals surface area contributed by atoms with E-state index in [9.17, 15) is 4.79 Å². The molecule has 17 heavy (non-hydrogen) atoms. The predicted molar refractivity (Wildman–Crippen MR) is 72.2 cm³/mol. The van der Waals surface area contributed by atoms with E-state index >= 15 is 0 Å². The lowest BCUT2D eigenvalue weighted by atomic mass is 9.93. The molecule has 0 saturated carbocycles. The molecule has 0 radical (unpaired) electrons. The topological polar surface area (TPSA) is 80.9 Å². The Labute approximate surface area is 110 Å². The van der Waals surface area contributed by atoms with Crippen LogP contribution in [0.4, 0.5) is 0 Å². The lowest BCUT2D eigenvalue weighted by Gasteiger charge is -2.23. The maximum Gasteiger partial charge on any atom is 0.264 e. The first-order chi connectivity index (χ1) is 7.88. The van der Waals surface area contributed by atoms with Gasteiger partial charge in [-0.3, -0.25) is 4.79 Å². The van der Waals surface area contributed by atoms with Gasteiger partial charge in [0.15, 0.2) is 0 Å². The van der Waals surface area contributed by atoms with Gasteiger partial charge >= 0.3 is 0 Å². The van der Waals surface area contributed by atoms with Gasteiger partial charge in [0, 0.05) is 12.0 Å². The van der Waals surface area contributed by atoms with Crippen molar-refractivity contribution in [3.05, 3.63) is 10.6 Å². The summed E-state index contributed by atoms with van der Waals surface area (Å²) in [4.78, 5) is 12.8. The quantitative estimate of drug-likeness (QED) is 0.786. The van der Waals surface area contributed by atoms with Crippen molar-refractivity contribution in [1.29, 1.82) is 0 Å². The van der Waals surface area contributed by atoms with Gasteiger partial charge < -0.3 is 11.1 Å². The molecule has 1 aromatic rings. The van der Waals surface area contributed by atoms with Crippen LogP contribution in [0, 0.1) is 5.41 Å². The van der Waals surface area contributed by atoms with E-state index in [2.05, 4.69) is 14.9 Å². The van der Waals surface area contributed by atoms with Gasteiger partial charge in [0.25, 0.3) is 5.91 Å². The highest BCUT2D eigenvalue weighted by atomic mass is 32.1. The van der Waals surface area contributed by atoms with E-state index in [-0.39, 0.29) is 5.91 Å². The fourth-order valence-corrected chi connectivity index (χ4v) is 1.82. The Morgan fingerprint density at radius 1 is 1.59 bits per heavy atom. The Morgan fingerprint density at radius 2 is 2.24 bits per heavy atom. The maximum atomic E-state index is 11.9. The van der Waals surface area contributed by atoms with Crippen LogP contribution < -0.4 is 11.1 Å². The largest absolute Gasteiger partial charge is 0.393 e. The van der Waals surface area contributed by atoms with Crippen LogP contribution in [0.2, 0.25) is 0 Å². The van der Waals surface area contributed by atoms with Crippen molar-refractivity contribution in [1.82, 2.24) is 14.9 Å². The molecule has 1 heterocycles. The van der Waals surface area contributed by atoms with E-state index < -0.39 is 5.41 Å². The molecule has 3 N–H and O–H groups in total. The smallest absolute Gasteiger partial charge is 0.264 e. The zero-order valence-electron chi connectivity index (χ0n) is 10.1. The number of thiocarbonyl (C=S) groups is 1. The molecule has 0 atom stereocenters. The summed E-state index contributed by atoms with van der Waals surface area (Å²) in [5.41, 5.74) is 5.92. The van der Waals surface area contributed by atoms with Gasteiger partial charge in [0.1, 0.15) is 4.88 Å². The number of rotatable bonds is 5. The lowest BCUT2D eigenvalue weighted by molar-refractivity contribution is 0.0948. The second-order valence-electron chi connectivity index (χ2n) is 4.33. The zero-order chi connectivity index (χ0) is 13.1. The molecule has 7 heteroatoms. The number of nitrogens with zero attached hydrogens (tertiary/aromatic N) is 2. The Morgan fingerprint density at radius 3 is 2.76 bits per heavy atom. The SMILES string of the molecule is CCc1nnsc1C(=O)NCC(C)(C)C(N)=S. The van der Waals surface area contributed by atoms with Crippen LogP contribution >= 0.6 is 23.8 Å². The average Bonchev–Trinajstić information content (AvgIpc) is 2.73. The van der Waals surface area contributed by atoms with Crippen LogP contribution in [-0.4, -0.2) is 27.0 Å². The van der Waals surface area contributed by atoms with Crippen LogP contribution in [0.1, 0.15) is 36.1 Å². The number of carbonyl (C=O) groups excluding carboxylic acids is 1. The third-order valence-electron chi connectivity index (χ3n) is 2.45. The van der Waals surface area contributed by atoms with E-state index in [4.69, 9.17) is 18.0 Å². The van der Waals surface area contributed by atoms with Gasteiger partial charge in [0.05, 0.1) is 10.7 Å². The summed E-state index contributed by atoms with van der Waals surface area (Å²) in [6.45, 7) is 6.12. The maximum absolute atomic E-state index is 11.9. The molecule has 1 aromatic heterocycles. The second-order valence-corrected chi connectivity index (χ2v) is 5.53.